The van der Waals surface area contributed by atoms with E-state index in [1.165, 1.54) is 30.4 Å². The van der Waals surface area contributed by atoms with E-state index in [0.717, 1.165) is 5.92 Å². The number of hydrogen-bond donors (Lipinski definition) is 0. The van der Waals surface area contributed by atoms with Crippen LogP contribution < -0.4 is 0 Å². The minimum absolute atomic E-state index is 0.285. The molecule has 1 saturated carbocycles. The zero-order chi connectivity index (χ0) is 21.3. The van der Waals surface area contributed by atoms with Gasteiger partial charge in [0.1, 0.15) is 0 Å². The molecule has 154 valence electrons. The van der Waals surface area contributed by atoms with Gasteiger partial charge in [-0.1, -0.05) is 122 Å². The summed E-state index contributed by atoms with van der Waals surface area (Å²) in [6.45, 7) is 23.8. The van der Waals surface area contributed by atoms with Gasteiger partial charge in [0.15, 0.2) is 0 Å². The summed E-state index contributed by atoms with van der Waals surface area (Å²) >= 11 is 0. The molecule has 3 rings (SSSR count). The van der Waals surface area contributed by atoms with Crippen molar-refractivity contribution in [2.45, 2.75) is 101 Å². The lowest BCUT2D eigenvalue weighted by atomic mass is 9.87. The van der Waals surface area contributed by atoms with Crippen molar-refractivity contribution in [3.05, 3.63) is 58.7 Å². The fourth-order valence-electron chi connectivity index (χ4n) is 3.14. The summed E-state index contributed by atoms with van der Waals surface area (Å²) in [6, 6.07) is 8.74. The summed E-state index contributed by atoms with van der Waals surface area (Å²) in [5.41, 5.74) is 6.91. The third-order valence-corrected chi connectivity index (χ3v) is 5.23. The van der Waals surface area contributed by atoms with Gasteiger partial charge in [-0.05, 0) is 43.1 Å². The Kier molecular flexibility index (Phi) is 11.0. The Labute approximate surface area is 171 Å². The molecule has 0 aromatic heterocycles. The van der Waals surface area contributed by atoms with Crippen molar-refractivity contribution in [1.82, 2.24) is 0 Å². The Balaban J connectivity index is 0.000000425. The monoisotopic (exact) mass is 370 g/mol. The molecule has 27 heavy (non-hydrogen) atoms. The summed E-state index contributed by atoms with van der Waals surface area (Å²) in [7, 11) is 0. The highest BCUT2D eigenvalue weighted by atomic mass is 14.5. The Morgan fingerprint density at radius 1 is 0.926 bits per heavy atom. The molecule has 0 heteroatoms. The fourth-order valence-corrected chi connectivity index (χ4v) is 3.14. The van der Waals surface area contributed by atoms with Crippen LogP contribution in [0.2, 0.25) is 0 Å². The van der Waals surface area contributed by atoms with E-state index >= 15 is 0 Å². The van der Waals surface area contributed by atoms with Gasteiger partial charge < -0.3 is 0 Å². The number of benzene rings is 1. The van der Waals surface area contributed by atoms with Gasteiger partial charge in [-0.15, -0.1) is 0 Å². The van der Waals surface area contributed by atoms with E-state index in [-0.39, 0.29) is 5.41 Å². The summed E-state index contributed by atoms with van der Waals surface area (Å²) < 4.78 is 0. The van der Waals surface area contributed by atoms with Gasteiger partial charge in [-0.25, -0.2) is 0 Å². The predicted octanol–water partition coefficient (Wildman–Crippen LogP) is 9.04. The lowest BCUT2D eigenvalue weighted by Gasteiger charge is -2.18. The van der Waals surface area contributed by atoms with Crippen LogP contribution in [0.1, 0.15) is 99.6 Å². The Bertz CT molecular complexity index is 590. The molecule has 0 radical (unpaired) electrons. The second-order valence-corrected chi connectivity index (χ2v) is 8.94. The van der Waals surface area contributed by atoms with Gasteiger partial charge >= 0.3 is 0 Å². The van der Waals surface area contributed by atoms with Crippen LogP contribution in [0, 0.1) is 18.3 Å². The lowest BCUT2D eigenvalue weighted by Crippen LogP contribution is -2.10. The predicted molar refractivity (Wildman–Crippen MR) is 126 cm³/mol. The van der Waals surface area contributed by atoms with Crippen LogP contribution in [-0.2, 0) is 5.41 Å². The van der Waals surface area contributed by atoms with Gasteiger partial charge in [0, 0.05) is 5.41 Å². The summed E-state index contributed by atoms with van der Waals surface area (Å²) in [6.07, 6.45) is 8.69. The van der Waals surface area contributed by atoms with Gasteiger partial charge in [0.25, 0.3) is 0 Å². The molecule has 0 spiro atoms. The van der Waals surface area contributed by atoms with E-state index in [1.807, 2.05) is 27.7 Å². The zero-order valence-corrected chi connectivity index (χ0v) is 20.2. The minimum atomic E-state index is 0.285. The smallest absolute Gasteiger partial charge is 0.0136 e. The molecule has 0 amide bonds. The van der Waals surface area contributed by atoms with E-state index < -0.39 is 0 Å². The number of fused-ring (bicyclic) bond motifs is 1. The number of hydrogen-bond acceptors (Lipinski definition) is 0. The van der Waals surface area contributed by atoms with Gasteiger partial charge in [-0.3, -0.25) is 0 Å². The second kappa shape index (κ2) is 11.5. The van der Waals surface area contributed by atoms with Crippen molar-refractivity contribution in [2.75, 3.05) is 0 Å². The first-order valence-electron chi connectivity index (χ1n) is 11.1. The molecule has 1 unspecified atom stereocenters. The number of allylic oxidation sites excluding steroid dienone is 4. The Hall–Kier alpha value is -1.30. The average molecular weight is 371 g/mol. The molecule has 0 aliphatic heterocycles. The fraction of sp³-hybridized carbons (Fsp3) is 0.630. The highest BCUT2D eigenvalue weighted by molar-refractivity contribution is 5.52. The van der Waals surface area contributed by atoms with Crippen molar-refractivity contribution < 1.29 is 0 Å². The van der Waals surface area contributed by atoms with E-state index in [1.54, 1.807) is 11.1 Å². The zero-order valence-electron chi connectivity index (χ0n) is 20.2. The molecular formula is C27H46. The standard InChI is InChI=1S/C12H18.C11H16.2C2H6/c1-9(2)4-5-10-6-7-11-8-12(10,11)3;1-9-5-7-10(8-6-9)11(2,3)4;2*1-2/h6-7,9H,4-5,8H2,1-3H3;5-8H,1-4H3;2*1-2H3. The third-order valence-electron chi connectivity index (χ3n) is 5.23. The van der Waals surface area contributed by atoms with E-state index in [2.05, 4.69) is 84.9 Å². The summed E-state index contributed by atoms with van der Waals surface area (Å²) in [5.74, 6) is 0.845. The molecule has 0 bridgehead atoms. The molecule has 2 aliphatic carbocycles. The van der Waals surface area contributed by atoms with E-state index in [0.29, 0.717) is 5.41 Å². The molecule has 0 heterocycles. The quantitative estimate of drug-likeness (QED) is 0.497. The summed E-state index contributed by atoms with van der Waals surface area (Å²) in [4.78, 5) is 0. The lowest BCUT2D eigenvalue weighted by molar-refractivity contribution is 0.552. The summed E-state index contributed by atoms with van der Waals surface area (Å²) in [5, 5.41) is 0. The molecule has 0 saturated heterocycles. The van der Waals surface area contributed by atoms with Crippen molar-refractivity contribution in [3.8, 4) is 0 Å². The molecule has 1 aromatic rings. The maximum Gasteiger partial charge on any atom is 0.0136 e. The van der Waals surface area contributed by atoms with Crippen molar-refractivity contribution in [2.24, 2.45) is 11.3 Å². The Morgan fingerprint density at radius 3 is 1.78 bits per heavy atom. The van der Waals surface area contributed by atoms with E-state index in [9.17, 15) is 0 Å². The Morgan fingerprint density at radius 2 is 1.44 bits per heavy atom. The van der Waals surface area contributed by atoms with Gasteiger partial charge in [0.05, 0.1) is 0 Å². The van der Waals surface area contributed by atoms with Gasteiger partial charge in [-0.2, -0.15) is 0 Å². The molecular weight excluding hydrogens is 324 g/mol. The second-order valence-electron chi connectivity index (χ2n) is 8.94. The molecule has 1 atom stereocenters. The first-order valence-corrected chi connectivity index (χ1v) is 11.1. The van der Waals surface area contributed by atoms with Crippen LogP contribution >= 0.6 is 0 Å². The van der Waals surface area contributed by atoms with Crippen LogP contribution in [0.15, 0.2) is 47.6 Å². The largest absolute Gasteiger partial charge is 0.0683 e. The van der Waals surface area contributed by atoms with Crippen molar-refractivity contribution >= 4 is 0 Å². The van der Waals surface area contributed by atoms with Crippen LogP contribution in [-0.4, -0.2) is 0 Å². The maximum atomic E-state index is 2.39. The molecule has 2 aliphatic rings. The maximum absolute atomic E-state index is 2.39. The van der Waals surface area contributed by atoms with Crippen LogP contribution in [0.25, 0.3) is 0 Å². The van der Waals surface area contributed by atoms with Crippen LogP contribution in [0.3, 0.4) is 0 Å². The van der Waals surface area contributed by atoms with E-state index in [4.69, 9.17) is 0 Å². The SMILES string of the molecule is CC.CC.CC(C)CCC1=CC=C2CC12C.Cc1ccc(C(C)(C)C)cc1. The molecule has 0 N–H and O–H groups in total. The normalized spacial score (nSPS) is 19.3. The van der Waals surface area contributed by atoms with Gasteiger partial charge in [0.2, 0.25) is 0 Å². The topological polar surface area (TPSA) is 0 Å². The highest BCUT2D eigenvalue weighted by Gasteiger charge is 2.48. The molecule has 1 fully saturated rings. The van der Waals surface area contributed by atoms with Crippen LogP contribution in [0.4, 0.5) is 0 Å². The minimum Gasteiger partial charge on any atom is -0.0683 e. The molecule has 0 nitrogen and oxygen atoms in total. The first-order chi connectivity index (χ1) is 12.6. The van der Waals surface area contributed by atoms with Crippen LogP contribution in [0.5, 0.6) is 0 Å². The average Bonchev–Trinajstić information content (AvgIpc) is 3.19. The van der Waals surface area contributed by atoms with Crippen molar-refractivity contribution in [3.63, 3.8) is 0 Å². The number of aryl methyl sites for hydroxylation is 1. The first kappa shape index (κ1) is 25.7. The highest BCUT2D eigenvalue weighted by Crippen LogP contribution is 2.61. The van der Waals surface area contributed by atoms with Crippen molar-refractivity contribution in [1.29, 1.82) is 0 Å². The third kappa shape index (κ3) is 8.08. The number of rotatable bonds is 3. The molecule has 1 aromatic carbocycles.